The Morgan fingerprint density at radius 1 is 1.28 bits per heavy atom. The van der Waals surface area contributed by atoms with Gasteiger partial charge >= 0.3 is 0 Å². The second-order valence-corrected chi connectivity index (χ2v) is 4.40. The molecule has 0 aliphatic carbocycles. The molecule has 2 rings (SSSR count). The third-order valence-corrected chi connectivity index (χ3v) is 2.80. The van der Waals surface area contributed by atoms with Crippen LogP contribution < -0.4 is 15.4 Å². The van der Waals surface area contributed by atoms with Gasteiger partial charge in [0.05, 0.1) is 12.8 Å². The highest BCUT2D eigenvalue weighted by molar-refractivity contribution is 9.10. The molecule has 0 saturated carbocycles. The van der Waals surface area contributed by atoms with Gasteiger partial charge in [-0.2, -0.15) is 4.98 Å². The van der Waals surface area contributed by atoms with E-state index in [0.29, 0.717) is 11.8 Å². The molecule has 2 N–H and O–H groups in total. The van der Waals surface area contributed by atoms with Crippen LogP contribution in [-0.2, 0) is 0 Å². The fraction of sp³-hybridized carbons (Fsp3) is 0.167. The van der Waals surface area contributed by atoms with Crippen LogP contribution in [-0.4, -0.2) is 24.1 Å². The molecule has 0 atom stereocenters. The van der Waals surface area contributed by atoms with Crippen LogP contribution in [0.25, 0.3) is 0 Å². The zero-order valence-corrected chi connectivity index (χ0v) is 11.7. The number of halogens is 1. The molecule has 0 radical (unpaired) electrons. The maximum absolute atomic E-state index is 5.29. The van der Waals surface area contributed by atoms with E-state index in [1.54, 1.807) is 26.4 Å². The Balaban J connectivity index is 2.29. The number of hydrogen-bond donors (Lipinski definition) is 2. The average Bonchev–Trinajstić information content (AvgIpc) is 2.39. The van der Waals surface area contributed by atoms with Crippen molar-refractivity contribution in [2.24, 2.45) is 0 Å². The third-order valence-electron chi connectivity index (χ3n) is 2.30. The minimum Gasteiger partial charge on any atom is -0.495 e. The molecule has 5 nitrogen and oxygen atoms in total. The number of methoxy groups -OCH3 is 1. The van der Waals surface area contributed by atoms with Crippen LogP contribution in [0.1, 0.15) is 0 Å². The molecule has 2 aromatic rings. The molecular weight excluding hydrogens is 296 g/mol. The molecule has 0 aliphatic heterocycles. The zero-order valence-electron chi connectivity index (χ0n) is 10.1. The summed E-state index contributed by atoms with van der Waals surface area (Å²) in [6.07, 6.45) is 1.69. The SMILES string of the molecule is CNc1nccc(Nc2cc(Br)ccc2OC)n1. The summed E-state index contributed by atoms with van der Waals surface area (Å²) in [5, 5.41) is 6.08. The topological polar surface area (TPSA) is 59.1 Å². The van der Waals surface area contributed by atoms with E-state index in [4.69, 9.17) is 4.74 Å². The summed E-state index contributed by atoms with van der Waals surface area (Å²) < 4.78 is 6.25. The summed E-state index contributed by atoms with van der Waals surface area (Å²) in [6, 6.07) is 7.52. The Morgan fingerprint density at radius 3 is 2.83 bits per heavy atom. The van der Waals surface area contributed by atoms with E-state index in [2.05, 4.69) is 36.5 Å². The predicted molar refractivity (Wildman–Crippen MR) is 75.6 cm³/mol. The number of nitrogens with zero attached hydrogens (tertiary/aromatic N) is 2. The largest absolute Gasteiger partial charge is 0.495 e. The number of nitrogens with one attached hydrogen (secondary N) is 2. The molecule has 0 unspecified atom stereocenters. The van der Waals surface area contributed by atoms with Gasteiger partial charge in [-0.1, -0.05) is 15.9 Å². The molecule has 0 bridgehead atoms. The lowest BCUT2D eigenvalue weighted by atomic mass is 10.3. The summed E-state index contributed by atoms with van der Waals surface area (Å²) in [7, 11) is 3.41. The molecule has 18 heavy (non-hydrogen) atoms. The van der Waals surface area contributed by atoms with E-state index >= 15 is 0 Å². The van der Waals surface area contributed by atoms with Crippen molar-refractivity contribution >= 4 is 33.4 Å². The molecule has 0 fully saturated rings. The summed E-state index contributed by atoms with van der Waals surface area (Å²) in [5.74, 6) is 2.02. The second kappa shape index (κ2) is 5.68. The van der Waals surface area contributed by atoms with Crippen LogP contribution in [0, 0.1) is 0 Å². The van der Waals surface area contributed by atoms with Gasteiger partial charge in [-0.3, -0.25) is 0 Å². The lowest BCUT2D eigenvalue weighted by Gasteiger charge is -2.11. The molecule has 0 saturated heterocycles. The maximum Gasteiger partial charge on any atom is 0.224 e. The van der Waals surface area contributed by atoms with Crippen LogP contribution in [0.15, 0.2) is 34.9 Å². The Labute approximate surface area is 114 Å². The van der Waals surface area contributed by atoms with Crippen molar-refractivity contribution in [2.75, 3.05) is 24.8 Å². The molecule has 94 valence electrons. The summed E-state index contributed by atoms with van der Waals surface area (Å²) in [6.45, 7) is 0. The van der Waals surface area contributed by atoms with Gasteiger partial charge in [-0.25, -0.2) is 4.98 Å². The first-order chi connectivity index (χ1) is 8.72. The minimum atomic E-state index is 0.564. The summed E-state index contributed by atoms with van der Waals surface area (Å²) in [4.78, 5) is 8.34. The van der Waals surface area contributed by atoms with Gasteiger partial charge in [0.15, 0.2) is 0 Å². The number of hydrogen-bond acceptors (Lipinski definition) is 5. The maximum atomic E-state index is 5.29. The first-order valence-electron chi connectivity index (χ1n) is 5.34. The molecular formula is C12H13BrN4O. The highest BCUT2D eigenvalue weighted by Gasteiger charge is 2.05. The van der Waals surface area contributed by atoms with Gasteiger partial charge in [0.2, 0.25) is 5.95 Å². The Hall–Kier alpha value is -1.82. The number of rotatable bonds is 4. The van der Waals surface area contributed by atoms with E-state index in [9.17, 15) is 0 Å². The monoisotopic (exact) mass is 308 g/mol. The van der Waals surface area contributed by atoms with Gasteiger partial charge in [-0.05, 0) is 24.3 Å². The molecule has 0 amide bonds. The van der Waals surface area contributed by atoms with Crippen molar-refractivity contribution in [3.05, 3.63) is 34.9 Å². The van der Waals surface area contributed by atoms with Crippen LogP contribution >= 0.6 is 15.9 Å². The zero-order chi connectivity index (χ0) is 13.0. The van der Waals surface area contributed by atoms with Crippen molar-refractivity contribution in [3.8, 4) is 5.75 Å². The van der Waals surface area contributed by atoms with Crippen LogP contribution in [0.3, 0.4) is 0 Å². The Morgan fingerprint density at radius 2 is 2.11 bits per heavy atom. The fourth-order valence-corrected chi connectivity index (χ4v) is 1.83. The number of benzene rings is 1. The first-order valence-corrected chi connectivity index (χ1v) is 6.13. The van der Waals surface area contributed by atoms with Crippen molar-refractivity contribution in [1.82, 2.24) is 9.97 Å². The summed E-state index contributed by atoms with van der Waals surface area (Å²) in [5.41, 5.74) is 0.840. The number of anilines is 3. The number of aromatic nitrogens is 2. The van der Waals surface area contributed by atoms with E-state index < -0.39 is 0 Å². The highest BCUT2D eigenvalue weighted by atomic mass is 79.9. The van der Waals surface area contributed by atoms with Crippen molar-refractivity contribution in [1.29, 1.82) is 0 Å². The van der Waals surface area contributed by atoms with Gasteiger partial charge in [0, 0.05) is 17.7 Å². The lowest BCUT2D eigenvalue weighted by molar-refractivity contribution is 0.416. The van der Waals surface area contributed by atoms with Gasteiger partial charge < -0.3 is 15.4 Å². The van der Waals surface area contributed by atoms with E-state index in [1.807, 2.05) is 18.2 Å². The quantitative estimate of drug-likeness (QED) is 0.909. The van der Waals surface area contributed by atoms with Crippen molar-refractivity contribution in [2.45, 2.75) is 0 Å². The lowest BCUT2D eigenvalue weighted by Crippen LogP contribution is -2.00. The molecule has 1 heterocycles. The predicted octanol–water partition coefficient (Wildman–Crippen LogP) is 3.03. The van der Waals surface area contributed by atoms with Crippen molar-refractivity contribution in [3.63, 3.8) is 0 Å². The standard InChI is InChI=1S/C12H13BrN4O/c1-14-12-15-6-5-11(17-12)16-9-7-8(13)3-4-10(9)18-2/h3-7H,1-2H3,(H2,14,15,16,17). The van der Waals surface area contributed by atoms with Crippen LogP contribution in [0.2, 0.25) is 0 Å². The first kappa shape index (κ1) is 12.6. The molecule has 0 aliphatic rings. The minimum absolute atomic E-state index is 0.564. The Kier molecular flexibility index (Phi) is 3.99. The van der Waals surface area contributed by atoms with E-state index in [1.165, 1.54) is 0 Å². The molecule has 0 spiro atoms. The van der Waals surface area contributed by atoms with Crippen molar-refractivity contribution < 1.29 is 4.74 Å². The smallest absolute Gasteiger partial charge is 0.224 e. The van der Waals surface area contributed by atoms with E-state index in [-0.39, 0.29) is 0 Å². The molecule has 1 aromatic heterocycles. The normalized spacial score (nSPS) is 9.94. The van der Waals surface area contributed by atoms with Gasteiger partial charge in [0.25, 0.3) is 0 Å². The Bertz CT molecular complexity index is 547. The number of ether oxygens (including phenoxy) is 1. The average molecular weight is 309 g/mol. The molecule has 1 aromatic carbocycles. The van der Waals surface area contributed by atoms with Gasteiger partial charge in [-0.15, -0.1) is 0 Å². The van der Waals surface area contributed by atoms with Gasteiger partial charge in [0.1, 0.15) is 11.6 Å². The van der Waals surface area contributed by atoms with Crippen LogP contribution in [0.5, 0.6) is 5.75 Å². The molecule has 6 heteroatoms. The van der Waals surface area contributed by atoms with Crippen LogP contribution in [0.4, 0.5) is 17.5 Å². The van der Waals surface area contributed by atoms with E-state index in [0.717, 1.165) is 15.9 Å². The highest BCUT2D eigenvalue weighted by Crippen LogP contribution is 2.30. The summed E-state index contributed by atoms with van der Waals surface area (Å²) >= 11 is 3.43. The third kappa shape index (κ3) is 2.89. The second-order valence-electron chi connectivity index (χ2n) is 3.49. The fourth-order valence-electron chi connectivity index (χ4n) is 1.46.